The van der Waals surface area contributed by atoms with Gasteiger partial charge in [0.2, 0.25) is 0 Å². The molecule has 0 spiro atoms. The summed E-state index contributed by atoms with van der Waals surface area (Å²) in [7, 11) is 3.40. The molecule has 0 aromatic carbocycles. The van der Waals surface area contributed by atoms with Crippen LogP contribution in [0.1, 0.15) is 45.3 Å². The Kier molecular flexibility index (Phi) is 6.89. The van der Waals surface area contributed by atoms with Crippen LogP contribution in [0.4, 0.5) is 5.69 Å². The first-order chi connectivity index (χ1) is 16.4. The number of aryl methyl sites for hydroxylation is 1. The summed E-state index contributed by atoms with van der Waals surface area (Å²) in [5.41, 5.74) is 3.33. The number of rotatable bonds is 7. The van der Waals surface area contributed by atoms with Crippen LogP contribution in [0.15, 0.2) is 35.4 Å². The fourth-order valence-corrected chi connectivity index (χ4v) is 5.00. The number of aromatic nitrogens is 4. The van der Waals surface area contributed by atoms with Crippen molar-refractivity contribution in [1.29, 1.82) is 5.26 Å². The first kappa shape index (κ1) is 23.8. The normalized spacial score (nSPS) is 19.8. The Labute approximate surface area is 200 Å². The number of ether oxygens (including phenoxy) is 1. The predicted molar refractivity (Wildman–Crippen MR) is 132 cm³/mol. The lowest BCUT2D eigenvalue weighted by Crippen LogP contribution is -2.58. The van der Waals surface area contributed by atoms with E-state index in [-0.39, 0.29) is 24.2 Å². The average Bonchev–Trinajstić information content (AvgIpc) is 3.29. The lowest BCUT2D eigenvalue weighted by Gasteiger charge is -2.49. The third-order valence-corrected chi connectivity index (χ3v) is 7.08. The lowest BCUT2D eigenvalue weighted by atomic mass is 9.98. The van der Waals surface area contributed by atoms with E-state index in [9.17, 15) is 4.79 Å². The molecule has 0 amide bonds. The van der Waals surface area contributed by atoms with Gasteiger partial charge in [0, 0.05) is 44.3 Å². The van der Waals surface area contributed by atoms with Gasteiger partial charge in [0.25, 0.3) is 5.56 Å². The van der Waals surface area contributed by atoms with Crippen molar-refractivity contribution in [2.45, 2.75) is 58.3 Å². The summed E-state index contributed by atoms with van der Waals surface area (Å²) >= 11 is 0. The minimum atomic E-state index is -0.0693. The molecule has 9 nitrogen and oxygen atoms in total. The first-order valence-electron chi connectivity index (χ1n) is 11.9. The molecule has 1 unspecified atom stereocenters. The van der Waals surface area contributed by atoms with Crippen molar-refractivity contribution < 1.29 is 4.74 Å². The van der Waals surface area contributed by atoms with Crippen LogP contribution >= 0.6 is 0 Å². The highest BCUT2D eigenvalue weighted by molar-refractivity contribution is 5.88. The maximum absolute atomic E-state index is 12.8. The van der Waals surface area contributed by atoms with Crippen molar-refractivity contribution in [3.8, 4) is 11.8 Å². The lowest BCUT2D eigenvalue weighted by molar-refractivity contribution is 0.0991. The van der Waals surface area contributed by atoms with Crippen molar-refractivity contribution in [1.82, 2.24) is 24.2 Å². The molecule has 1 fully saturated rings. The Hall–Kier alpha value is -3.38. The van der Waals surface area contributed by atoms with Gasteiger partial charge in [0.1, 0.15) is 17.8 Å². The second kappa shape index (κ2) is 9.85. The molecule has 0 bridgehead atoms. The molecular weight excluding hydrogens is 430 g/mol. The fraction of sp³-hybridized carbons (Fsp3) is 0.520. The molecule has 4 rings (SSSR count). The van der Waals surface area contributed by atoms with Crippen molar-refractivity contribution in [2.24, 2.45) is 7.05 Å². The van der Waals surface area contributed by atoms with Crippen LogP contribution in [0.2, 0.25) is 0 Å². The maximum Gasteiger partial charge on any atom is 0.252 e. The van der Waals surface area contributed by atoms with E-state index in [4.69, 9.17) is 10.00 Å². The molecule has 0 saturated carbocycles. The Morgan fingerprint density at radius 1 is 1.24 bits per heavy atom. The van der Waals surface area contributed by atoms with Crippen LogP contribution in [0, 0.1) is 11.3 Å². The second-order valence-electron chi connectivity index (χ2n) is 8.92. The average molecular weight is 464 g/mol. The van der Waals surface area contributed by atoms with E-state index < -0.39 is 0 Å². The topological polar surface area (TPSA) is 92.2 Å². The SMILES string of the molecule is CC[C@H]1CN(C(C)c2ccc(OC)cn2)[C@H](CC)CN1c1cc(=O)n(C)c2cn(CC#N)nc12. The van der Waals surface area contributed by atoms with Gasteiger partial charge < -0.3 is 14.2 Å². The Morgan fingerprint density at radius 2 is 2.00 bits per heavy atom. The monoisotopic (exact) mass is 463 g/mol. The van der Waals surface area contributed by atoms with Gasteiger partial charge in [-0.15, -0.1) is 0 Å². The van der Waals surface area contributed by atoms with Gasteiger partial charge in [0.05, 0.1) is 42.5 Å². The minimum absolute atomic E-state index is 0.0693. The van der Waals surface area contributed by atoms with E-state index >= 15 is 0 Å². The van der Waals surface area contributed by atoms with Gasteiger partial charge in [-0.05, 0) is 31.9 Å². The maximum atomic E-state index is 12.8. The number of nitrogens with zero attached hydrogens (tertiary/aromatic N) is 7. The second-order valence-corrected chi connectivity index (χ2v) is 8.92. The van der Waals surface area contributed by atoms with Gasteiger partial charge in [-0.1, -0.05) is 13.8 Å². The van der Waals surface area contributed by atoms with Gasteiger partial charge in [-0.3, -0.25) is 19.4 Å². The smallest absolute Gasteiger partial charge is 0.252 e. The van der Waals surface area contributed by atoms with Crippen LogP contribution in [0.25, 0.3) is 11.0 Å². The van der Waals surface area contributed by atoms with Crippen molar-refractivity contribution in [2.75, 3.05) is 25.1 Å². The number of methoxy groups -OCH3 is 1. The first-order valence-corrected chi connectivity index (χ1v) is 11.9. The predicted octanol–water partition coefficient (Wildman–Crippen LogP) is 3.10. The molecule has 9 heteroatoms. The Morgan fingerprint density at radius 3 is 2.62 bits per heavy atom. The summed E-state index contributed by atoms with van der Waals surface area (Å²) < 4.78 is 8.48. The van der Waals surface area contributed by atoms with Gasteiger partial charge in [-0.2, -0.15) is 10.4 Å². The number of hydrogen-bond acceptors (Lipinski definition) is 7. The standard InChI is InChI=1S/C25H33N7O2/c1-6-18-15-32(22-12-24(33)29(4)23-16-30(11-10-26)28-25(22)23)19(7-2)14-31(18)17(3)21-9-8-20(34-5)13-27-21/h8-9,12-13,16-19H,6-7,11,14-15H2,1-5H3/t17?,18-,19+/m1/s1. The Balaban J connectivity index is 1.70. The molecule has 0 aliphatic carbocycles. The highest BCUT2D eigenvalue weighted by Gasteiger charge is 2.36. The number of anilines is 1. The molecule has 1 aliphatic heterocycles. The summed E-state index contributed by atoms with van der Waals surface area (Å²) in [5, 5.41) is 13.8. The molecule has 3 atom stereocenters. The zero-order chi connectivity index (χ0) is 24.4. The van der Waals surface area contributed by atoms with E-state index in [2.05, 4.69) is 46.7 Å². The molecule has 1 aliphatic rings. The number of pyridine rings is 2. The van der Waals surface area contributed by atoms with E-state index in [0.29, 0.717) is 6.04 Å². The van der Waals surface area contributed by atoms with E-state index in [1.807, 2.05) is 12.1 Å². The van der Waals surface area contributed by atoms with Crippen LogP contribution in [0.5, 0.6) is 5.75 Å². The molecular formula is C25H33N7O2. The zero-order valence-electron chi connectivity index (χ0n) is 20.6. The number of piperazine rings is 1. The fourth-order valence-electron chi connectivity index (χ4n) is 5.00. The van der Waals surface area contributed by atoms with E-state index in [1.54, 1.807) is 41.9 Å². The minimum Gasteiger partial charge on any atom is -0.495 e. The van der Waals surface area contributed by atoms with Crippen molar-refractivity contribution in [3.05, 3.63) is 46.6 Å². The van der Waals surface area contributed by atoms with Crippen molar-refractivity contribution >= 4 is 16.7 Å². The Bertz CT molecular complexity index is 1240. The van der Waals surface area contributed by atoms with Crippen LogP contribution in [-0.4, -0.2) is 56.5 Å². The number of fused-ring (bicyclic) bond motifs is 1. The van der Waals surface area contributed by atoms with Crippen LogP contribution < -0.4 is 15.2 Å². The highest BCUT2D eigenvalue weighted by Crippen LogP contribution is 2.34. The highest BCUT2D eigenvalue weighted by atomic mass is 16.5. The van der Waals surface area contributed by atoms with Gasteiger partial charge >= 0.3 is 0 Å². The molecule has 1 saturated heterocycles. The third-order valence-electron chi connectivity index (χ3n) is 7.08. The zero-order valence-corrected chi connectivity index (χ0v) is 20.6. The number of nitriles is 1. The summed E-state index contributed by atoms with van der Waals surface area (Å²) in [4.78, 5) is 22.4. The summed E-state index contributed by atoms with van der Waals surface area (Å²) in [6.07, 6.45) is 5.47. The quantitative estimate of drug-likeness (QED) is 0.532. The van der Waals surface area contributed by atoms with Crippen LogP contribution in [0.3, 0.4) is 0 Å². The van der Waals surface area contributed by atoms with Crippen molar-refractivity contribution in [3.63, 3.8) is 0 Å². The van der Waals surface area contributed by atoms with E-state index in [0.717, 1.165) is 54.1 Å². The van der Waals surface area contributed by atoms with Gasteiger partial charge in [-0.25, -0.2) is 0 Å². The molecule has 3 aromatic rings. The van der Waals surface area contributed by atoms with Crippen LogP contribution in [-0.2, 0) is 13.6 Å². The molecule has 34 heavy (non-hydrogen) atoms. The van der Waals surface area contributed by atoms with E-state index in [1.165, 1.54) is 0 Å². The number of hydrogen-bond donors (Lipinski definition) is 0. The summed E-state index contributed by atoms with van der Waals surface area (Å²) in [6.45, 7) is 8.40. The molecule has 4 heterocycles. The third kappa shape index (κ3) is 4.26. The molecule has 0 N–H and O–H groups in total. The largest absolute Gasteiger partial charge is 0.495 e. The molecule has 3 aromatic heterocycles. The molecule has 0 radical (unpaired) electrons. The summed E-state index contributed by atoms with van der Waals surface area (Å²) in [6, 6.07) is 8.50. The van der Waals surface area contributed by atoms with Gasteiger partial charge in [0.15, 0.2) is 0 Å². The molecule has 180 valence electrons. The summed E-state index contributed by atoms with van der Waals surface area (Å²) in [5.74, 6) is 0.754.